The second-order valence-corrected chi connectivity index (χ2v) is 5.44. The number of thiocarbonyl (C=S) groups is 1. The molecule has 0 spiro atoms. The maximum atomic E-state index is 12.4. The number of furan rings is 1. The van der Waals surface area contributed by atoms with Gasteiger partial charge in [0.25, 0.3) is 5.91 Å². The topological polar surface area (TPSA) is 48.7 Å². The molecule has 1 aromatic rings. The van der Waals surface area contributed by atoms with E-state index in [2.05, 4.69) is 10.2 Å². The van der Waals surface area contributed by atoms with Crippen LogP contribution in [-0.2, 0) is 4.79 Å². The second kappa shape index (κ2) is 5.76. The van der Waals surface area contributed by atoms with E-state index >= 15 is 0 Å². The molecule has 1 N–H and O–H groups in total. The van der Waals surface area contributed by atoms with Crippen LogP contribution in [0.2, 0.25) is 0 Å². The Bertz CT molecular complexity index is 533. The highest BCUT2D eigenvalue weighted by Gasteiger charge is 2.32. The summed E-state index contributed by atoms with van der Waals surface area (Å²) in [6, 6.07) is 3.59. The van der Waals surface area contributed by atoms with Crippen molar-refractivity contribution >= 4 is 29.3 Å². The minimum absolute atomic E-state index is 0.0861. The highest BCUT2D eigenvalue weighted by atomic mass is 32.1. The van der Waals surface area contributed by atoms with Crippen LogP contribution in [0.4, 0.5) is 0 Å². The Morgan fingerprint density at radius 1 is 1.35 bits per heavy atom. The number of carbonyl (C=O) groups is 1. The highest BCUT2D eigenvalue weighted by Crippen LogP contribution is 2.16. The summed E-state index contributed by atoms with van der Waals surface area (Å²) in [6.45, 7) is 2.63. The van der Waals surface area contributed by atoms with Gasteiger partial charge in [-0.25, -0.2) is 0 Å². The first-order chi connectivity index (χ1) is 9.74. The number of likely N-dealkylation sites (tertiary alicyclic amines) is 1. The number of piperidine rings is 1. The summed E-state index contributed by atoms with van der Waals surface area (Å²) in [4.78, 5) is 16.2. The smallest absolute Gasteiger partial charge is 0.277 e. The molecule has 0 saturated carbocycles. The Labute approximate surface area is 123 Å². The minimum Gasteiger partial charge on any atom is -0.465 e. The van der Waals surface area contributed by atoms with E-state index in [1.54, 1.807) is 29.4 Å². The normalized spacial score (nSPS) is 22.6. The van der Waals surface area contributed by atoms with E-state index in [4.69, 9.17) is 16.6 Å². The Morgan fingerprint density at radius 2 is 2.15 bits per heavy atom. The lowest BCUT2D eigenvalue weighted by molar-refractivity contribution is -0.123. The number of nitrogens with zero attached hydrogens (tertiary/aromatic N) is 2. The predicted molar refractivity (Wildman–Crippen MR) is 79.6 cm³/mol. The van der Waals surface area contributed by atoms with Gasteiger partial charge in [-0.05, 0) is 50.3 Å². The molecular weight excluding hydrogens is 274 g/mol. The van der Waals surface area contributed by atoms with Crippen LogP contribution in [0.1, 0.15) is 25.0 Å². The Kier molecular flexibility index (Phi) is 3.84. The number of hydrogen-bond acceptors (Lipinski definition) is 4. The third-order valence-corrected chi connectivity index (χ3v) is 3.90. The van der Waals surface area contributed by atoms with E-state index in [1.807, 2.05) is 0 Å². The highest BCUT2D eigenvalue weighted by molar-refractivity contribution is 7.80. The molecule has 0 unspecified atom stereocenters. The second-order valence-electron chi connectivity index (χ2n) is 5.06. The fraction of sp³-hybridized carbons (Fsp3) is 0.429. The maximum Gasteiger partial charge on any atom is 0.277 e. The van der Waals surface area contributed by atoms with Gasteiger partial charge >= 0.3 is 0 Å². The molecule has 0 radical (unpaired) electrons. The summed E-state index contributed by atoms with van der Waals surface area (Å²) in [5.41, 5.74) is 0.474. The van der Waals surface area contributed by atoms with Gasteiger partial charge in [0.1, 0.15) is 11.5 Å². The summed E-state index contributed by atoms with van der Waals surface area (Å²) in [5, 5.41) is 3.43. The number of hydrogen-bond donors (Lipinski definition) is 1. The van der Waals surface area contributed by atoms with Gasteiger partial charge in [-0.3, -0.25) is 14.6 Å². The minimum atomic E-state index is -0.0861. The SMILES string of the molecule is O=C1C(=Cc2ccco2)NC(=S)N1CN1CCCCC1. The molecule has 0 bridgehead atoms. The summed E-state index contributed by atoms with van der Waals surface area (Å²) in [7, 11) is 0. The molecule has 3 heterocycles. The van der Waals surface area contributed by atoms with Crippen molar-refractivity contribution in [2.75, 3.05) is 19.8 Å². The molecule has 0 aliphatic carbocycles. The molecule has 2 aliphatic heterocycles. The number of nitrogens with one attached hydrogen (secondary N) is 1. The first-order valence-corrected chi connectivity index (χ1v) is 7.25. The van der Waals surface area contributed by atoms with Crippen molar-refractivity contribution < 1.29 is 9.21 Å². The van der Waals surface area contributed by atoms with Gasteiger partial charge < -0.3 is 9.73 Å². The van der Waals surface area contributed by atoms with E-state index in [0.29, 0.717) is 23.2 Å². The lowest BCUT2D eigenvalue weighted by Gasteiger charge is -2.29. The molecule has 1 amide bonds. The quantitative estimate of drug-likeness (QED) is 0.679. The summed E-state index contributed by atoms with van der Waals surface area (Å²) >= 11 is 5.25. The largest absolute Gasteiger partial charge is 0.465 e. The maximum absolute atomic E-state index is 12.4. The van der Waals surface area contributed by atoms with Crippen LogP contribution < -0.4 is 5.32 Å². The molecule has 1 aromatic heterocycles. The van der Waals surface area contributed by atoms with Crippen LogP contribution >= 0.6 is 12.2 Å². The number of carbonyl (C=O) groups excluding carboxylic acids is 1. The van der Waals surface area contributed by atoms with Gasteiger partial charge in [0.15, 0.2) is 5.11 Å². The Morgan fingerprint density at radius 3 is 2.85 bits per heavy atom. The predicted octanol–water partition coefficient (Wildman–Crippen LogP) is 1.78. The van der Waals surface area contributed by atoms with E-state index in [-0.39, 0.29) is 5.91 Å². The number of rotatable bonds is 3. The summed E-state index contributed by atoms with van der Waals surface area (Å²) < 4.78 is 5.22. The molecule has 2 saturated heterocycles. The fourth-order valence-electron chi connectivity index (χ4n) is 2.52. The van der Waals surface area contributed by atoms with Crippen molar-refractivity contribution in [1.82, 2.24) is 15.1 Å². The van der Waals surface area contributed by atoms with Crippen molar-refractivity contribution in [2.24, 2.45) is 0 Å². The van der Waals surface area contributed by atoms with Crippen molar-refractivity contribution in [1.29, 1.82) is 0 Å². The lowest BCUT2D eigenvalue weighted by atomic mass is 10.1. The zero-order chi connectivity index (χ0) is 13.9. The van der Waals surface area contributed by atoms with Crippen LogP contribution in [0.5, 0.6) is 0 Å². The Hall–Kier alpha value is -1.66. The summed E-state index contributed by atoms with van der Waals surface area (Å²) in [5.74, 6) is 0.556. The van der Waals surface area contributed by atoms with Gasteiger partial charge in [-0.2, -0.15) is 0 Å². The molecule has 2 fully saturated rings. The molecule has 0 atom stereocenters. The Balaban J connectivity index is 1.70. The first kappa shape index (κ1) is 13.3. The van der Waals surface area contributed by atoms with Gasteiger partial charge in [0.2, 0.25) is 0 Å². The van der Waals surface area contributed by atoms with E-state index < -0.39 is 0 Å². The average molecular weight is 291 g/mol. The zero-order valence-corrected chi connectivity index (χ0v) is 12.0. The van der Waals surface area contributed by atoms with Crippen LogP contribution in [0.15, 0.2) is 28.5 Å². The van der Waals surface area contributed by atoms with Gasteiger partial charge in [-0.1, -0.05) is 6.42 Å². The molecule has 0 aromatic carbocycles. The van der Waals surface area contributed by atoms with Crippen molar-refractivity contribution in [3.8, 4) is 0 Å². The molecule has 5 nitrogen and oxygen atoms in total. The van der Waals surface area contributed by atoms with Crippen LogP contribution in [0.25, 0.3) is 6.08 Å². The van der Waals surface area contributed by atoms with Crippen molar-refractivity contribution in [2.45, 2.75) is 19.3 Å². The van der Waals surface area contributed by atoms with Crippen molar-refractivity contribution in [3.05, 3.63) is 29.9 Å². The first-order valence-electron chi connectivity index (χ1n) is 6.84. The third kappa shape index (κ3) is 2.76. The molecular formula is C14H17N3O2S. The third-order valence-electron chi connectivity index (χ3n) is 3.58. The summed E-state index contributed by atoms with van der Waals surface area (Å²) in [6.07, 6.45) is 6.92. The van der Waals surface area contributed by atoms with Gasteiger partial charge in [0.05, 0.1) is 12.9 Å². The molecule has 20 heavy (non-hydrogen) atoms. The average Bonchev–Trinajstić information content (AvgIpc) is 3.05. The monoisotopic (exact) mass is 291 g/mol. The fourth-order valence-corrected chi connectivity index (χ4v) is 2.77. The van der Waals surface area contributed by atoms with E-state index in [9.17, 15) is 4.79 Å². The van der Waals surface area contributed by atoms with Gasteiger partial charge in [0, 0.05) is 6.08 Å². The molecule has 2 aliphatic rings. The zero-order valence-electron chi connectivity index (χ0n) is 11.2. The standard InChI is InChI=1S/C14H17N3O2S/c18-13-12(9-11-5-4-8-19-11)15-14(20)17(13)10-16-6-2-1-3-7-16/h4-5,8-9H,1-3,6-7,10H2,(H,15,20). The van der Waals surface area contributed by atoms with Gasteiger partial charge in [-0.15, -0.1) is 0 Å². The number of amides is 1. The van der Waals surface area contributed by atoms with E-state index in [0.717, 1.165) is 13.1 Å². The lowest BCUT2D eigenvalue weighted by Crippen LogP contribution is -2.43. The van der Waals surface area contributed by atoms with Crippen LogP contribution in [0, 0.1) is 0 Å². The van der Waals surface area contributed by atoms with Crippen LogP contribution in [0.3, 0.4) is 0 Å². The van der Waals surface area contributed by atoms with Crippen molar-refractivity contribution in [3.63, 3.8) is 0 Å². The van der Waals surface area contributed by atoms with E-state index in [1.165, 1.54) is 19.3 Å². The molecule has 3 rings (SSSR count). The van der Waals surface area contributed by atoms with Crippen LogP contribution in [-0.4, -0.2) is 40.6 Å². The molecule has 106 valence electrons. The molecule has 6 heteroatoms.